The Morgan fingerprint density at radius 2 is 2.08 bits per heavy atom. The first-order valence-electron chi connectivity index (χ1n) is 8.80. The Kier molecular flexibility index (Phi) is 5.45. The number of fused-ring (bicyclic) bond motifs is 1. The van der Waals surface area contributed by atoms with E-state index in [9.17, 15) is 0 Å². The van der Waals surface area contributed by atoms with Crippen LogP contribution >= 0.6 is 0 Å². The topological polar surface area (TPSA) is 58.1 Å². The van der Waals surface area contributed by atoms with E-state index < -0.39 is 0 Å². The van der Waals surface area contributed by atoms with E-state index in [0.29, 0.717) is 19.4 Å². The van der Waals surface area contributed by atoms with Crippen LogP contribution < -0.4 is 20.1 Å². The van der Waals surface area contributed by atoms with Gasteiger partial charge in [0.25, 0.3) is 0 Å². The van der Waals surface area contributed by atoms with Crippen LogP contribution in [0.1, 0.15) is 32.3 Å². The van der Waals surface area contributed by atoms with E-state index in [0.717, 1.165) is 42.2 Å². The van der Waals surface area contributed by atoms with Crippen LogP contribution in [0.3, 0.4) is 0 Å². The maximum atomic E-state index is 5.42. The minimum atomic E-state index is 0.304. The molecule has 1 saturated carbocycles. The fourth-order valence-electron chi connectivity index (χ4n) is 2.78. The Morgan fingerprint density at radius 3 is 2.83 bits per heavy atom. The molecule has 1 heterocycles. The summed E-state index contributed by atoms with van der Waals surface area (Å²) >= 11 is 0. The molecule has 0 bridgehead atoms. The summed E-state index contributed by atoms with van der Waals surface area (Å²) < 4.78 is 10.8. The van der Waals surface area contributed by atoms with Crippen LogP contribution in [0.2, 0.25) is 0 Å². The molecular weight excluding hydrogens is 304 g/mol. The molecule has 1 unspecified atom stereocenters. The number of aliphatic imine (C=N–C) groups is 1. The van der Waals surface area contributed by atoms with Crippen LogP contribution in [0.25, 0.3) is 0 Å². The molecule has 1 fully saturated rings. The Hall–Kier alpha value is -1.95. The van der Waals surface area contributed by atoms with E-state index in [2.05, 4.69) is 41.4 Å². The molecular formula is C18H28N4O2. The number of hydrogen-bond donors (Lipinski definition) is 2. The van der Waals surface area contributed by atoms with Crippen molar-refractivity contribution in [1.29, 1.82) is 0 Å². The predicted octanol–water partition coefficient (Wildman–Crippen LogP) is 1.95. The fraction of sp³-hybridized carbons (Fsp3) is 0.611. The van der Waals surface area contributed by atoms with Gasteiger partial charge in [0.05, 0.1) is 6.54 Å². The molecule has 0 spiro atoms. The number of rotatable bonds is 7. The third-order valence-corrected chi connectivity index (χ3v) is 4.58. The highest BCUT2D eigenvalue weighted by molar-refractivity contribution is 5.79. The average molecular weight is 332 g/mol. The lowest BCUT2D eigenvalue weighted by atomic mass is 10.2. The zero-order chi connectivity index (χ0) is 16.9. The summed E-state index contributed by atoms with van der Waals surface area (Å²) in [5.41, 5.74) is 1.11. The van der Waals surface area contributed by atoms with E-state index in [1.165, 1.54) is 12.8 Å². The number of guanidine groups is 1. The summed E-state index contributed by atoms with van der Waals surface area (Å²) in [4.78, 5) is 7.13. The van der Waals surface area contributed by atoms with Crippen LogP contribution in [0.4, 0.5) is 0 Å². The minimum Gasteiger partial charge on any atom is -0.454 e. The molecule has 0 amide bonds. The van der Waals surface area contributed by atoms with E-state index in [1.54, 1.807) is 0 Å². The number of ether oxygens (including phenoxy) is 2. The van der Waals surface area contributed by atoms with Crippen LogP contribution in [-0.2, 0) is 6.54 Å². The summed E-state index contributed by atoms with van der Waals surface area (Å²) in [5, 5.41) is 6.76. The van der Waals surface area contributed by atoms with Crippen molar-refractivity contribution in [2.24, 2.45) is 4.99 Å². The van der Waals surface area contributed by atoms with Crippen molar-refractivity contribution < 1.29 is 9.47 Å². The van der Waals surface area contributed by atoms with E-state index >= 15 is 0 Å². The lowest BCUT2D eigenvalue weighted by molar-refractivity contribution is 0.174. The lowest BCUT2D eigenvalue weighted by Crippen LogP contribution is -2.45. The SMILES string of the molecule is CCNC(=NCc1ccc2c(c1)OCO2)NCC(C)N(C)C1CC1. The standard InChI is InChI=1S/C18H28N4O2/c1-4-19-18(20-10-13(2)22(3)15-6-7-15)21-11-14-5-8-16-17(9-14)24-12-23-16/h5,8-9,13,15H,4,6-7,10-12H2,1-3H3,(H2,19,20,21). The second kappa shape index (κ2) is 7.75. The number of benzene rings is 1. The van der Waals surface area contributed by atoms with Gasteiger partial charge in [0.15, 0.2) is 17.5 Å². The number of hydrogen-bond acceptors (Lipinski definition) is 4. The van der Waals surface area contributed by atoms with E-state index in [-0.39, 0.29) is 0 Å². The third-order valence-electron chi connectivity index (χ3n) is 4.58. The molecule has 0 radical (unpaired) electrons. The molecule has 1 aliphatic heterocycles. The minimum absolute atomic E-state index is 0.304. The van der Waals surface area contributed by atoms with Gasteiger partial charge in [-0.05, 0) is 51.4 Å². The second-order valence-corrected chi connectivity index (χ2v) is 6.51. The first-order chi connectivity index (χ1) is 11.7. The Morgan fingerprint density at radius 1 is 1.29 bits per heavy atom. The smallest absolute Gasteiger partial charge is 0.231 e. The highest BCUT2D eigenvalue weighted by Crippen LogP contribution is 2.32. The molecule has 2 aliphatic rings. The monoisotopic (exact) mass is 332 g/mol. The average Bonchev–Trinajstić information content (AvgIpc) is 3.34. The van der Waals surface area contributed by atoms with Gasteiger partial charge in [0.2, 0.25) is 6.79 Å². The van der Waals surface area contributed by atoms with Crippen molar-refractivity contribution >= 4 is 5.96 Å². The van der Waals surface area contributed by atoms with Crippen LogP contribution in [0.5, 0.6) is 11.5 Å². The fourth-order valence-corrected chi connectivity index (χ4v) is 2.78. The Labute approximate surface area is 144 Å². The Bertz CT molecular complexity index is 586. The van der Waals surface area contributed by atoms with Gasteiger partial charge in [-0.25, -0.2) is 4.99 Å². The highest BCUT2D eigenvalue weighted by Gasteiger charge is 2.28. The largest absolute Gasteiger partial charge is 0.454 e. The molecule has 24 heavy (non-hydrogen) atoms. The normalized spacial score (nSPS) is 17.9. The van der Waals surface area contributed by atoms with Crippen molar-refractivity contribution in [1.82, 2.24) is 15.5 Å². The number of nitrogens with zero attached hydrogens (tertiary/aromatic N) is 2. The molecule has 0 saturated heterocycles. The van der Waals surface area contributed by atoms with E-state index in [4.69, 9.17) is 9.47 Å². The van der Waals surface area contributed by atoms with Gasteiger partial charge in [-0.15, -0.1) is 0 Å². The summed E-state index contributed by atoms with van der Waals surface area (Å²) in [6.45, 7) is 6.99. The Balaban J connectivity index is 1.54. The lowest BCUT2D eigenvalue weighted by Gasteiger charge is -2.25. The van der Waals surface area contributed by atoms with Crippen molar-refractivity contribution in [2.75, 3.05) is 26.9 Å². The van der Waals surface area contributed by atoms with Gasteiger partial charge in [0, 0.05) is 25.2 Å². The van der Waals surface area contributed by atoms with Gasteiger partial charge in [-0.2, -0.15) is 0 Å². The molecule has 0 aromatic heterocycles. The summed E-state index contributed by atoms with van der Waals surface area (Å²) in [5.74, 6) is 2.47. The first kappa shape index (κ1) is 16.9. The van der Waals surface area contributed by atoms with Crippen LogP contribution in [0, 0.1) is 0 Å². The molecule has 1 aliphatic carbocycles. The molecule has 1 aromatic rings. The molecule has 2 N–H and O–H groups in total. The molecule has 6 heteroatoms. The molecule has 3 rings (SSSR count). The van der Waals surface area contributed by atoms with Crippen LogP contribution in [0.15, 0.2) is 23.2 Å². The zero-order valence-corrected chi connectivity index (χ0v) is 14.8. The van der Waals surface area contributed by atoms with Crippen molar-refractivity contribution in [3.63, 3.8) is 0 Å². The zero-order valence-electron chi connectivity index (χ0n) is 14.8. The molecule has 6 nitrogen and oxygen atoms in total. The summed E-state index contributed by atoms with van der Waals surface area (Å²) in [6.07, 6.45) is 2.66. The van der Waals surface area contributed by atoms with E-state index in [1.807, 2.05) is 18.2 Å². The quantitative estimate of drug-likeness (QED) is 0.590. The third kappa shape index (κ3) is 4.32. The van der Waals surface area contributed by atoms with Gasteiger partial charge in [0.1, 0.15) is 0 Å². The van der Waals surface area contributed by atoms with Gasteiger partial charge >= 0.3 is 0 Å². The van der Waals surface area contributed by atoms with Gasteiger partial charge < -0.3 is 20.1 Å². The van der Waals surface area contributed by atoms with Crippen molar-refractivity contribution in [3.05, 3.63) is 23.8 Å². The van der Waals surface area contributed by atoms with Gasteiger partial charge in [-0.1, -0.05) is 6.07 Å². The number of nitrogens with one attached hydrogen (secondary N) is 2. The highest BCUT2D eigenvalue weighted by atomic mass is 16.7. The van der Waals surface area contributed by atoms with Crippen LogP contribution in [-0.4, -0.2) is 49.9 Å². The maximum Gasteiger partial charge on any atom is 0.231 e. The molecule has 1 atom stereocenters. The van der Waals surface area contributed by atoms with Crippen molar-refractivity contribution in [3.8, 4) is 11.5 Å². The summed E-state index contributed by atoms with van der Waals surface area (Å²) in [7, 11) is 2.21. The number of likely N-dealkylation sites (N-methyl/N-ethyl adjacent to an activating group) is 1. The second-order valence-electron chi connectivity index (χ2n) is 6.51. The molecule has 1 aromatic carbocycles. The predicted molar refractivity (Wildman–Crippen MR) is 95.6 cm³/mol. The maximum absolute atomic E-state index is 5.42. The first-order valence-corrected chi connectivity index (χ1v) is 8.80. The molecule has 132 valence electrons. The van der Waals surface area contributed by atoms with Crippen molar-refractivity contribution in [2.45, 2.75) is 45.3 Å². The van der Waals surface area contributed by atoms with Gasteiger partial charge in [-0.3, -0.25) is 4.90 Å². The summed E-state index contributed by atoms with van der Waals surface area (Å²) in [6, 6.07) is 7.24.